The number of carbonyl (C=O) groups excluding carboxylic acids is 2. The zero-order chi connectivity index (χ0) is 28.5. The minimum absolute atomic E-state index is 0.112. The van der Waals surface area contributed by atoms with Crippen molar-refractivity contribution in [1.29, 1.82) is 0 Å². The first-order valence-electron chi connectivity index (χ1n) is 12.3. The molecular formula is C30H26N2O7S. The highest BCUT2D eigenvalue weighted by Crippen LogP contribution is 2.37. The average molecular weight is 559 g/mol. The number of ether oxygens (including phenoxy) is 3. The molecule has 0 bridgehead atoms. The fraction of sp³-hybridized carbons (Fsp3) is 0.133. The van der Waals surface area contributed by atoms with E-state index in [2.05, 4.69) is 5.32 Å². The van der Waals surface area contributed by atoms with Crippen LogP contribution in [-0.2, 0) is 16.1 Å². The molecule has 0 saturated heterocycles. The number of nitrogens with one attached hydrogen (secondary N) is 1. The number of nitro benzene ring substituents is 1. The van der Waals surface area contributed by atoms with Crippen LogP contribution in [0.25, 0.3) is 17.2 Å². The summed E-state index contributed by atoms with van der Waals surface area (Å²) >= 11 is 1.13. The van der Waals surface area contributed by atoms with Gasteiger partial charge in [-0.2, -0.15) is 0 Å². The first kappa shape index (κ1) is 28.1. The molecule has 0 atom stereocenters. The molecule has 0 unspecified atom stereocenters. The summed E-state index contributed by atoms with van der Waals surface area (Å²) in [5.41, 5.74) is 2.64. The minimum atomic E-state index is -0.639. The van der Waals surface area contributed by atoms with Gasteiger partial charge in [0.1, 0.15) is 17.2 Å². The molecule has 1 N–H and O–H groups in total. The van der Waals surface area contributed by atoms with Gasteiger partial charge < -0.3 is 19.5 Å². The second-order valence-electron chi connectivity index (χ2n) is 8.39. The number of non-ortho nitro benzene ring substituents is 1. The van der Waals surface area contributed by atoms with Crippen LogP contribution in [0.5, 0.6) is 11.5 Å². The summed E-state index contributed by atoms with van der Waals surface area (Å²) in [5.74, 6) is -0.0241. The molecule has 1 heterocycles. The third kappa shape index (κ3) is 6.91. The number of esters is 1. The van der Waals surface area contributed by atoms with Crippen LogP contribution in [0.3, 0.4) is 0 Å². The highest BCUT2D eigenvalue weighted by atomic mass is 32.1. The van der Waals surface area contributed by atoms with Crippen LogP contribution < -0.4 is 14.8 Å². The molecule has 40 heavy (non-hydrogen) atoms. The van der Waals surface area contributed by atoms with Crippen LogP contribution in [0.2, 0.25) is 0 Å². The van der Waals surface area contributed by atoms with E-state index in [0.29, 0.717) is 34.8 Å². The van der Waals surface area contributed by atoms with Crippen molar-refractivity contribution in [2.24, 2.45) is 0 Å². The van der Waals surface area contributed by atoms with Gasteiger partial charge in [-0.25, -0.2) is 4.79 Å². The van der Waals surface area contributed by atoms with Crippen LogP contribution in [0, 0.1) is 10.1 Å². The normalized spacial score (nSPS) is 10.8. The summed E-state index contributed by atoms with van der Waals surface area (Å²) in [6, 6.07) is 21.0. The molecule has 0 spiro atoms. The van der Waals surface area contributed by atoms with E-state index in [1.807, 2.05) is 30.3 Å². The molecule has 0 saturated carbocycles. The SMILES string of the molecule is CCOC(=O)c1c(-c2cccc([N+](=O)[O-])c2)csc1NC(=O)/C=C/c1ccc(OCc2ccccc2)c(OC)c1. The standard InChI is InChI=1S/C30H26N2O7S/c1-3-38-30(34)28-24(22-10-7-11-23(17-22)32(35)36)19-40-29(28)31-27(33)15-13-20-12-14-25(26(16-20)37-2)39-18-21-8-5-4-6-9-21/h4-17,19H,3,18H2,1-2H3,(H,31,33)/b15-13+. The molecule has 0 radical (unpaired) electrons. The fourth-order valence-corrected chi connectivity index (χ4v) is 4.78. The van der Waals surface area contributed by atoms with Gasteiger partial charge in [-0.3, -0.25) is 14.9 Å². The lowest BCUT2D eigenvalue weighted by Gasteiger charge is -2.11. The number of hydrogen-bond acceptors (Lipinski definition) is 8. The van der Waals surface area contributed by atoms with Crippen LogP contribution in [0.4, 0.5) is 10.7 Å². The Kier molecular flexibility index (Phi) is 9.27. The maximum absolute atomic E-state index is 12.8. The van der Waals surface area contributed by atoms with Gasteiger partial charge in [0.15, 0.2) is 11.5 Å². The summed E-state index contributed by atoms with van der Waals surface area (Å²) in [5, 5.41) is 15.9. The Hall–Kier alpha value is -4.96. The molecule has 0 aliphatic heterocycles. The number of nitro groups is 1. The highest BCUT2D eigenvalue weighted by Gasteiger charge is 2.23. The molecular weight excluding hydrogens is 532 g/mol. The number of hydrogen-bond donors (Lipinski definition) is 1. The molecule has 3 aromatic carbocycles. The van der Waals surface area contributed by atoms with E-state index in [9.17, 15) is 19.7 Å². The van der Waals surface area contributed by atoms with Crippen LogP contribution in [0.15, 0.2) is 84.3 Å². The molecule has 1 amide bonds. The fourth-order valence-electron chi connectivity index (χ4n) is 3.82. The number of amides is 1. The lowest BCUT2D eigenvalue weighted by Crippen LogP contribution is -2.12. The predicted molar refractivity (Wildman–Crippen MR) is 154 cm³/mol. The molecule has 204 valence electrons. The van der Waals surface area contributed by atoms with E-state index in [-0.39, 0.29) is 22.9 Å². The number of carbonyl (C=O) groups is 2. The zero-order valence-corrected chi connectivity index (χ0v) is 22.6. The van der Waals surface area contributed by atoms with Gasteiger partial charge in [0.25, 0.3) is 5.69 Å². The lowest BCUT2D eigenvalue weighted by atomic mass is 10.0. The summed E-state index contributed by atoms with van der Waals surface area (Å²) in [7, 11) is 1.54. The molecule has 0 aliphatic carbocycles. The van der Waals surface area contributed by atoms with Crippen molar-refractivity contribution in [3.8, 4) is 22.6 Å². The Bertz CT molecular complexity index is 1550. The Labute approximate surface area is 234 Å². The van der Waals surface area contributed by atoms with Crippen molar-refractivity contribution in [2.45, 2.75) is 13.5 Å². The second-order valence-corrected chi connectivity index (χ2v) is 9.27. The van der Waals surface area contributed by atoms with Gasteiger partial charge in [-0.05, 0) is 41.8 Å². The van der Waals surface area contributed by atoms with Crippen molar-refractivity contribution >= 4 is 40.0 Å². The van der Waals surface area contributed by atoms with E-state index in [0.717, 1.165) is 16.9 Å². The summed E-state index contributed by atoms with van der Waals surface area (Å²) in [4.78, 5) is 36.3. The maximum Gasteiger partial charge on any atom is 0.341 e. The zero-order valence-electron chi connectivity index (χ0n) is 21.8. The van der Waals surface area contributed by atoms with Crippen LogP contribution in [0.1, 0.15) is 28.4 Å². The van der Waals surface area contributed by atoms with E-state index in [1.54, 1.807) is 42.6 Å². The molecule has 0 fully saturated rings. The van der Waals surface area contributed by atoms with Crippen molar-refractivity contribution in [2.75, 3.05) is 19.0 Å². The Morgan fingerprint density at radius 2 is 1.82 bits per heavy atom. The first-order chi connectivity index (χ1) is 19.4. The minimum Gasteiger partial charge on any atom is -0.493 e. The topological polar surface area (TPSA) is 117 Å². The van der Waals surface area contributed by atoms with Crippen molar-refractivity contribution < 1.29 is 28.7 Å². The third-order valence-electron chi connectivity index (χ3n) is 5.73. The number of benzene rings is 3. The number of anilines is 1. The summed E-state index contributed by atoms with van der Waals surface area (Å²) in [6.45, 7) is 2.19. The van der Waals surface area contributed by atoms with Crippen molar-refractivity contribution in [1.82, 2.24) is 0 Å². The molecule has 1 aromatic heterocycles. The van der Waals surface area contributed by atoms with Gasteiger partial charge in [0.2, 0.25) is 5.91 Å². The third-order valence-corrected chi connectivity index (χ3v) is 6.62. The Balaban J connectivity index is 1.51. The maximum atomic E-state index is 12.8. The number of methoxy groups -OCH3 is 1. The van der Waals surface area contributed by atoms with Crippen LogP contribution in [-0.4, -0.2) is 30.5 Å². The number of rotatable bonds is 11. The van der Waals surface area contributed by atoms with E-state index in [1.165, 1.54) is 31.4 Å². The molecule has 0 aliphatic rings. The molecule has 9 nitrogen and oxygen atoms in total. The monoisotopic (exact) mass is 558 g/mol. The van der Waals surface area contributed by atoms with Gasteiger partial charge in [0, 0.05) is 29.2 Å². The molecule has 10 heteroatoms. The first-order valence-corrected chi connectivity index (χ1v) is 13.1. The largest absolute Gasteiger partial charge is 0.493 e. The predicted octanol–water partition coefficient (Wildman–Crippen LogP) is 6.74. The smallest absolute Gasteiger partial charge is 0.341 e. The van der Waals surface area contributed by atoms with Crippen molar-refractivity contribution in [3.63, 3.8) is 0 Å². The lowest BCUT2D eigenvalue weighted by molar-refractivity contribution is -0.384. The summed E-state index contributed by atoms with van der Waals surface area (Å²) in [6.07, 6.45) is 2.94. The Morgan fingerprint density at radius 1 is 1.02 bits per heavy atom. The van der Waals surface area contributed by atoms with Crippen molar-refractivity contribution in [3.05, 3.63) is 111 Å². The van der Waals surface area contributed by atoms with E-state index >= 15 is 0 Å². The van der Waals surface area contributed by atoms with Gasteiger partial charge in [-0.1, -0.05) is 48.5 Å². The van der Waals surface area contributed by atoms with Gasteiger partial charge in [0.05, 0.1) is 18.6 Å². The molecule has 4 aromatic rings. The molecule has 4 rings (SSSR count). The second kappa shape index (κ2) is 13.2. The highest BCUT2D eigenvalue weighted by molar-refractivity contribution is 7.15. The van der Waals surface area contributed by atoms with E-state index in [4.69, 9.17) is 14.2 Å². The Morgan fingerprint density at radius 3 is 2.55 bits per heavy atom. The van der Waals surface area contributed by atoms with Crippen LogP contribution >= 0.6 is 11.3 Å². The quantitative estimate of drug-likeness (QED) is 0.0938. The average Bonchev–Trinajstić information content (AvgIpc) is 3.39. The summed E-state index contributed by atoms with van der Waals surface area (Å²) < 4.78 is 16.5. The number of thiophene rings is 1. The van der Waals surface area contributed by atoms with Gasteiger partial charge in [-0.15, -0.1) is 11.3 Å². The number of nitrogens with zero attached hydrogens (tertiary/aromatic N) is 1. The van der Waals surface area contributed by atoms with E-state index < -0.39 is 16.8 Å². The van der Waals surface area contributed by atoms with Gasteiger partial charge >= 0.3 is 5.97 Å².